The first kappa shape index (κ1) is 13.3. The van der Waals surface area contributed by atoms with Crippen molar-refractivity contribution in [1.82, 2.24) is 9.97 Å². The molecular formula is C13H13BrClN3. The number of rotatable bonds is 3. The molecule has 1 N–H and O–H groups in total. The molecule has 0 aliphatic carbocycles. The lowest BCUT2D eigenvalue weighted by atomic mass is 10.2. The van der Waals surface area contributed by atoms with Crippen LogP contribution in [0.4, 0.5) is 11.5 Å². The van der Waals surface area contributed by atoms with Crippen LogP contribution in [0.5, 0.6) is 0 Å². The molecule has 0 aliphatic heterocycles. The van der Waals surface area contributed by atoms with Crippen molar-refractivity contribution in [2.45, 2.75) is 20.3 Å². The second kappa shape index (κ2) is 5.67. The third kappa shape index (κ3) is 3.00. The van der Waals surface area contributed by atoms with Gasteiger partial charge in [0.25, 0.3) is 0 Å². The van der Waals surface area contributed by atoms with Crippen molar-refractivity contribution < 1.29 is 0 Å². The van der Waals surface area contributed by atoms with Crippen LogP contribution in [0.1, 0.15) is 18.3 Å². The van der Waals surface area contributed by atoms with Crippen LogP contribution in [0.25, 0.3) is 0 Å². The van der Waals surface area contributed by atoms with E-state index in [1.165, 1.54) is 0 Å². The number of aromatic nitrogens is 2. The van der Waals surface area contributed by atoms with Gasteiger partial charge >= 0.3 is 0 Å². The fraction of sp³-hybridized carbons (Fsp3) is 0.231. The van der Waals surface area contributed by atoms with Crippen molar-refractivity contribution in [2.24, 2.45) is 0 Å². The Morgan fingerprint density at radius 1 is 1.33 bits per heavy atom. The molecule has 5 heteroatoms. The maximum atomic E-state index is 6.09. The molecule has 18 heavy (non-hydrogen) atoms. The lowest BCUT2D eigenvalue weighted by Gasteiger charge is -2.10. The van der Waals surface area contributed by atoms with Crippen LogP contribution in [-0.2, 0) is 6.42 Å². The third-order valence-electron chi connectivity index (χ3n) is 2.59. The zero-order valence-electron chi connectivity index (χ0n) is 10.2. The molecule has 1 aromatic heterocycles. The molecule has 1 aromatic carbocycles. The molecule has 0 atom stereocenters. The van der Waals surface area contributed by atoms with Gasteiger partial charge in [-0.1, -0.05) is 24.6 Å². The summed E-state index contributed by atoms with van der Waals surface area (Å²) in [4.78, 5) is 8.70. The van der Waals surface area contributed by atoms with Gasteiger partial charge in [-0.15, -0.1) is 0 Å². The minimum atomic E-state index is 0.740. The van der Waals surface area contributed by atoms with Gasteiger partial charge < -0.3 is 5.32 Å². The maximum absolute atomic E-state index is 6.09. The van der Waals surface area contributed by atoms with Gasteiger partial charge in [-0.3, -0.25) is 0 Å². The Morgan fingerprint density at radius 3 is 2.83 bits per heavy atom. The number of halogens is 2. The first-order chi connectivity index (χ1) is 8.60. The zero-order valence-corrected chi connectivity index (χ0v) is 12.5. The Kier molecular flexibility index (Phi) is 4.19. The van der Waals surface area contributed by atoms with Crippen molar-refractivity contribution >= 4 is 39.0 Å². The lowest BCUT2D eigenvalue weighted by Crippen LogP contribution is -2.00. The minimum absolute atomic E-state index is 0.740. The average molecular weight is 327 g/mol. The summed E-state index contributed by atoms with van der Waals surface area (Å²) in [6.45, 7) is 4.00. The summed E-state index contributed by atoms with van der Waals surface area (Å²) in [5.74, 6) is 1.56. The largest absolute Gasteiger partial charge is 0.340 e. The number of benzene rings is 1. The fourth-order valence-electron chi connectivity index (χ4n) is 1.57. The summed E-state index contributed by atoms with van der Waals surface area (Å²) in [6.07, 6.45) is 0.794. The molecule has 0 aliphatic rings. The van der Waals surface area contributed by atoms with E-state index in [4.69, 9.17) is 11.6 Å². The Labute approximate surface area is 120 Å². The van der Waals surface area contributed by atoms with Gasteiger partial charge in [0.05, 0.1) is 0 Å². The molecule has 2 rings (SSSR count). The summed E-state index contributed by atoms with van der Waals surface area (Å²) in [5, 5.41) is 4.00. The molecule has 0 bridgehead atoms. The molecule has 0 saturated heterocycles. The van der Waals surface area contributed by atoms with E-state index in [1.54, 1.807) is 0 Å². The van der Waals surface area contributed by atoms with E-state index < -0.39 is 0 Å². The van der Waals surface area contributed by atoms with Crippen LogP contribution in [0.15, 0.2) is 28.9 Å². The number of hydrogen-bond donors (Lipinski definition) is 1. The van der Waals surface area contributed by atoms with Crippen LogP contribution in [0, 0.1) is 6.92 Å². The van der Waals surface area contributed by atoms with Gasteiger partial charge in [0.15, 0.2) is 0 Å². The molecule has 0 spiro atoms. The highest BCUT2D eigenvalue weighted by molar-refractivity contribution is 9.10. The van der Waals surface area contributed by atoms with Gasteiger partial charge in [-0.2, -0.15) is 0 Å². The number of hydrogen-bond acceptors (Lipinski definition) is 3. The van der Waals surface area contributed by atoms with E-state index in [0.29, 0.717) is 0 Å². The predicted molar refractivity (Wildman–Crippen MR) is 78.6 cm³/mol. The van der Waals surface area contributed by atoms with Crippen molar-refractivity contribution in [3.8, 4) is 0 Å². The van der Waals surface area contributed by atoms with Gasteiger partial charge in [0.2, 0.25) is 0 Å². The molecule has 0 radical (unpaired) electrons. The van der Waals surface area contributed by atoms with Gasteiger partial charge in [-0.05, 0) is 40.5 Å². The lowest BCUT2D eigenvalue weighted by molar-refractivity contribution is 0.931. The Balaban J connectivity index is 2.34. The number of anilines is 2. The van der Waals surface area contributed by atoms with E-state index in [2.05, 4.69) is 31.2 Å². The highest BCUT2D eigenvalue weighted by atomic mass is 79.9. The Hall–Kier alpha value is -1.13. The summed E-state index contributed by atoms with van der Waals surface area (Å²) < 4.78 is 0.775. The summed E-state index contributed by atoms with van der Waals surface area (Å²) >= 11 is 9.47. The first-order valence-corrected chi connectivity index (χ1v) is 6.83. The highest BCUT2D eigenvalue weighted by Gasteiger charge is 2.05. The molecule has 94 valence electrons. The number of nitrogens with zero attached hydrogens (tertiary/aromatic N) is 2. The van der Waals surface area contributed by atoms with Crippen LogP contribution in [0.2, 0.25) is 5.02 Å². The molecule has 1 heterocycles. The molecule has 0 saturated carbocycles. The first-order valence-electron chi connectivity index (χ1n) is 5.65. The SMILES string of the molecule is CCc1nc(Br)cc(Nc2cccc(Cl)c2C)n1. The van der Waals surface area contributed by atoms with Crippen LogP contribution < -0.4 is 5.32 Å². The predicted octanol–water partition coefficient (Wildman–Crippen LogP) is 4.51. The maximum Gasteiger partial charge on any atom is 0.135 e. The van der Waals surface area contributed by atoms with Crippen molar-refractivity contribution in [2.75, 3.05) is 5.32 Å². The minimum Gasteiger partial charge on any atom is -0.340 e. The van der Waals surface area contributed by atoms with Crippen LogP contribution >= 0.6 is 27.5 Å². The third-order valence-corrected chi connectivity index (χ3v) is 3.40. The molecule has 2 aromatic rings. The van der Waals surface area contributed by atoms with E-state index in [-0.39, 0.29) is 0 Å². The smallest absolute Gasteiger partial charge is 0.135 e. The normalized spacial score (nSPS) is 10.4. The summed E-state index contributed by atoms with van der Waals surface area (Å²) in [6, 6.07) is 7.60. The van der Waals surface area contributed by atoms with Gasteiger partial charge in [-0.25, -0.2) is 9.97 Å². The van der Waals surface area contributed by atoms with Crippen molar-refractivity contribution in [3.63, 3.8) is 0 Å². The average Bonchev–Trinajstić information content (AvgIpc) is 2.34. The van der Waals surface area contributed by atoms with E-state index >= 15 is 0 Å². The van der Waals surface area contributed by atoms with Gasteiger partial charge in [0, 0.05) is 23.2 Å². The topological polar surface area (TPSA) is 37.8 Å². The van der Waals surface area contributed by atoms with Crippen LogP contribution in [0.3, 0.4) is 0 Å². The number of nitrogens with one attached hydrogen (secondary N) is 1. The molecule has 0 amide bonds. The van der Waals surface area contributed by atoms with E-state index in [9.17, 15) is 0 Å². The van der Waals surface area contributed by atoms with Crippen molar-refractivity contribution in [3.05, 3.63) is 45.3 Å². The fourth-order valence-corrected chi connectivity index (χ4v) is 2.16. The summed E-state index contributed by atoms with van der Waals surface area (Å²) in [7, 11) is 0. The van der Waals surface area contributed by atoms with E-state index in [0.717, 1.165) is 38.9 Å². The molecule has 0 fully saturated rings. The Bertz CT molecular complexity index is 572. The molecule has 3 nitrogen and oxygen atoms in total. The monoisotopic (exact) mass is 325 g/mol. The highest BCUT2D eigenvalue weighted by Crippen LogP contribution is 2.26. The summed E-state index contributed by atoms with van der Waals surface area (Å²) in [5.41, 5.74) is 1.96. The van der Waals surface area contributed by atoms with E-state index in [1.807, 2.05) is 38.1 Å². The van der Waals surface area contributed by atoms with Crippen molar-refractivity contribution in [1.29, 1.82) is 0 Å². The number of aryl methyl sites for hydroxylation is 1. The standard InChI is InChI=1S/C13H13BrClN3/c1-3-12-17-11(14)7-13(18-12)16-10-6-4-5-9(15)8(10)2/h4-7H,3H2,1-2H3,(H,16,17,18). The Morgan fingerprint density at radius 2 is 2.11 bits per heavy atom. The van der Waals surface area contributed by atoms with Crippen LogP contribution in [-0.4, -0.2) is 9.97 Å². The zero-order chi connectivity index (χ0) is 13.1. The second-order valence-electron chi connectivity index (χ2n) is 3.88. The molecule has 0 unspecified atom stereocenters. The van der Waals surface area contributed by atoms with Gasteiger partial charge in [0.1, 0.15) is 16.2 Å². The quantitative estimate of drug-likeness (QED) is 0.843. The molecular weight excluding hydrogens is 314 g/mol. The second-order valence-corrected chi connectivity index (χ2v) is 5.10.